The number of nitrogens with two attached hydrogens (primary N) is 1. The van der Waals surface area contributed by atoms with Gasteiger partial charge in [0, 0.05) is 10.9 Å². The number of anilines is 1. The second-order valence-electron chi connectivity index (χ2n) is 4.69. The quantitative estimate of drug-likeness (QED) is 0.847. The smallest absolute Gasteiger partial charge is 0.105 e. The maximum atomic E-state index is 6.16. The first kappa shape index (κ1) is 11.5. The summed E-state index contributed by atoms with van der Waals surface area (Å²) >= 11 is 1.79. The van der Waals surface area contributed by atoms with E-state index in [-0.39, 0.29) is 5.54 Å². The van der Waals surface area contributed by atoms with Crippen LogP contribution < -0.4 is 5.73 Å². The SMILES string of the molecule is CCCC(C)(CC)n1c(N)cc2ccsc21. The molecule has 3 heteroatoms. The van der Waals surface area contributed by atoms with Crippen molar-refractivity contribution in [3.8, 4) is 0 Å². The normalized spacial score (nSPS) is 15.4. The molecule has 1 atom stereocenters. The Hall–Kier alpha value is -0.960. The third kappa shape index (κ3) is 1.63. The monoisotopic (exact) mass is 236 g/mol. The van der Waals surface area contributed by atoms with Crippen molar-refractivity contribution < 1.29 is 0 Å². The van der Waals surface area contributed by atoms with E-state index in [4.69, 9.17) is 5.73 Å². The number of fused-ring (bicyclic) bond motifs is 1. The summed E-state index contributed by atoms with van der Waals surface area (Å²) in [6.07, 6.45) is 3.48. The van der Waals surface area contributed by atoms with Crippen LogP contribution >= 0.6 is 11.3 Å². The van der Waals surface area contributed by atoms with Gasteiger partial charge in [-0.1, -0.05) is 20.3 Å². The van der Waals surface area contributed by atoms with Crippen molar-refractivity contribution in [2.24, 2.45) is 0 Å². The highest BCUT2D eigenvalue weighted by Crippen LogP contribution is 2.37. The van der Waals surface area contributed by atoms with Gasteiger partial charge in [0.2, 0.25) is 0 Å². The van der Waals surface area contributed by atoms with Crippen LogP contribution in [0.1, 0.15) is 40.0 Å². The Balaban J connectivity index is 2.59. The summed E-state index contributed by atoms with van der Waals surface area (Å²) in [6.45, 7) is 6.79. The van der Waals surface area contributed by atoms with Crippen LogP contribution in [0.5, 0.6) is 0 Å². The standard InChI is InChI=1S/C13H20N2S/c1-4-7-13(3,5-2)15-11(14)9-10-6-8-16-12(10)15/h6,8-9H,4-5,7,14H2,1-3H3. The van der Waals surface area contributed by atoms with Gasteiger partial charge in [-0.2, -0.15) is 0 Å². The van der Waals surface area contributed by atoms with Crippen molar-refractivity contribution in [2.75, 3.05) is 5.73 Å². The number of aromatic nitrogens is 1. The van der Waals surface area contributed by atoms with E-state index in [0.29, 0.717) is 0 Å². The minimum Gasteiger partial charge on any atom is -0.385 e. The van der Waals surface area contributed by atoms with Crippen molar-refractivity contribution in [1.82, 2.24) is 4.57 Å². The molecule has 2 nitrogen and oxygen atoms in total. The predicted molar refractivity (Wildman–Crippen MR) is 73.1 cm³/mol. The summed E-state index contributed by atoms with van der Waals surface area (Å²) in [6, 6.07) is 4.24. The summed E-state index contributed by atoms with van der Waals surface area (Å²) in [4.78, 5) is 1.32. The zero-order valence-corrected chi connectivity index (χ0v) is 11.1. The van der Waals surface area contributed by atoms with Gasteiger partial charge >= 0.3 is 0 Å². The molecular weight excluding hydrogens is 216 g/mol. The molecule has 2 aromatic heterocycles. The zero-order chi connectivity index (χ0) is 11.8. The van der Waals surface area contributed by atoms with Crippen LogP contribution in [0.2, 0.25) is 0 Å². The van der Waals surface area contributed by atoms with Crippen molar-refractivity contribution in [2.45, 2.75) is 45.6 Å². The van der Waals surface area contributed by atoms with E-state index in [9.17, 15) is 0 Å². The Morgan fingerprint density at radius 2 is 2.19 bits per heavy atom. The lowest BCUT2D eigenvalue weighted by atomic mass is 9.93. The van der Waals surface area contributed by atoms with Gasteiger partial charge in [0.15, 0.2) is 0 Å². The number of nitrogens with zero attached hydrogens (tertiary/aromatic N) is 1. The number of hydrogen-bond acceptors (Lipinski definition) is 2. The van der Waals surface area contributed by atoms with E-state index < -0.39 is 0 Å². The van der Waals surface area contributed by atoms with Crippen LogP contribution in [-0.4, -0.2) is 4.57 Å². The maximum Gasteiger partial charge on any atom is 0.105 e. The van der Waals surface area contributed by atoms with Crippen LogP contribution in [-0.2, 0) is 5.54 Å². The van der Waals surface area contributed by atoms with Crippen molar-refractivity contribution in [3.05, 3.63) is 17.5 Å². The first-order chi connectivity index (χ1) is 7.62. The Kier molecular flexibility index (Phi) is 2.98. The lowest BCUT2D eigenvalue weighted by molar-refractivity contribution is 0.293. The third-order valence-corrected chi connectivity index (χ3v) is 4.44. The van der Waals surface area contributed by atoms with Crippen molar-refractivity contribution >= 4 is 27.4 Å². The largest absolute Gasteiger partial charge is 0.385 e. The molecule has 2 heterocycles. The van der Waals surface area contributed by atoms with Crippen LogP contribution in [0, 0.1) is 0 Å². The molecule has 0 radical (unpaired) electrons. The van der Waals surface area contributed by atoms with E-state index in [1.807, 2.05) is 0 Å². The predicted octanol–water partition coefficient (Wildman–Crippen LogP) is 4.21. The first-order valence-electron chi connectivity index (χ1n) is 5.97. The Morgan fingerprint density at radius 3 is 2.81 bits per heavy atom. The van der Waals surface area contributed by atoms with Gasteiger partial charge in [-0.25, -0.2) is 0 Å². The van der Waals surface area contributed by atoms with E-state index >= 15 is 0 Å². The molecule has 0 aliphatic rings. The molecule has 16 heavy (non-hydrogen) atoms. The van der Waals surface area contributed by atoms with E-state index in [0.717, 1.165) is 12.2 Å². The Morgan fingerprint density at radius 1 is 1.44 bits per heavy atom. The molecule has 0 aromatic carbocycles. The number of hydrogen-bond donors (Lipinski definition) is 1. The van der Waals surface area contributed by atoms with E-state index in [2.05, 4.69) is 42.9 Å². The van der Waals surface area contributed by atoms with Gasteiger partial charge in [-0.05, 0) is 37.3 Å². The Labute approximate surface area is 101 Å². The molecule has 0 bridgehead atoms. The summed E-state index contributed by atoms with van der Waals surface area (Å²) in [5.41, 5.74) is 6.32. The lowest BCUT2D eigenvalue weighted by Crippen LogP contribution is -2.29. The molecular formula is C13H20N2S. The van der Waals surface area contributed by atoms with Gasteiger partial charge < -0.3 is 10.3 Å². The fourth-order valence-electron chi connectivity index (χ4n) is 2.49. The van der Waals surface area contributed by atoms with Crippen LogP contribution in [0.3, 0.4) is 0 Å². The van der Waals surface area contributed by atoms with Gasteiger partial charge in [0.05, 0.1) is 0 Å². The van der Waals surface area contributed by atoms with Crippen LogP contribution in [0.15, 0.2) is 17.5 Å². The maximum absolute atomic E-state index is 6.16. The first-order valence-corrected chi connectivity index (χ1v) is 6.85. The summed E-state index contributed by atoms with van der Waals surface area (Å²) in [5.74, 6) is 0.902. The second-order valence-corrected chi connectivity index (χ2v) is 5.58. The molecule has 2 N–H and O–H groups in total. The molecule has 0 aliphatic heterocycles. The van der Waals surface area contributed by atoms with Gasteiger partial charge in [0.25, 0.3) is 0 Å². The minimum atomic E-state index is 0.158. The zero-order valence-electron chi connectivity index (χ0n) is 10.3. The topological polar surface area (TPSA) is 30.9 Å². The molecule has 2 aromatic rings. The molecule has 2 rings (SSSR count). The van der Waals surface area contributed by atoms with Gasteiger partial charge in [-0.3, -0.25) is 0 Å². The molecule has 0 spiro atoms. The highest BCUT2D eigenvalue weighted by molar-refractivity contribution is 7.16. The minimum absolute atomic E-state index is 0.158. The lowest BCUT2D eigenvalue weighted by Gasteiger charge is -2.31. The number of rotatable bonds is 4. The highest BCUT2D eigenvalue weighted by atomic mass is 32.1. The second kappa shape index (κ2) is 4.13. The number of thiophene rings is 1. The van der Waals surface area contributed by atoms with Crippen molar-refractivity contribution in [3.63, 3.8) is 0 Å². The fourth-order valence-corrected chi connectivity index (χ4v) is 3.52. The van der Waals surface area contributed by atoms with Gasteiger partial charge in [-0.15, -0.1) is 11.3 Å². The molecule has 0 aliphatic carbocycles. The van der Waals surface area contributed by atoms with Crippen molar-refractivity contribution in [1.29, 1.82) is 0 Å². The van der Waals surface area contributed by atoms with Crippen LogP contribution in [0.4, 0.5) is 5.82 Å². The summed E-state index contributed by atoms with van der Waals surface area (Å²) in [7, 11) is 0. The Bertz CT molecular complexity index is 483. The molecule has 0 amide bonds. The van der Waals surface area contributed by atoms with Crippen LogP contribution in [0.25, 0.3) is 10.2 Å². The molecule has 88 valence electrons. The fraction of sp³-hybridized carbons (Fsp3) is 0.538. The average molecular weight is 236 g/mol. The molecule has 0 saturated carbocycles. The van der Waals surface area contributed by atoms with Gasteiger partial charge in [0.1, 0.15) is 10.6 Å². The molecule has 0 saturated heterocycles. The average Bonchev–Trinajstić information content (AvgIpc) is 2.77. The third-order valence-electron chi connectivity index (χ3n) is 3.53. The molecule has 1 unspecified atom stereocenters. The van der Waals surface area contributed by atoms with E-state index in [1.54, 1.807) is 11.3 Å². The highest BCUT2D eigenvalue weighted by Gasteiger charge is 2.27. The summed E-state index contributed by atoms with van der Waals surface area (Å²) < 4.78 is 2.33. The number of nitrogen functional groups attached to an aromatic ring is 1. The summed E-state index contributed by atoms with van der Waals surface area (Å²) in [5, 5.41) is 3.42. The van der Waals surface area contributed by atoms with E-state index in [1.165, 1.54) is 23.1 Å². The molecule has 0 fully saturated rings.